The number of hydrogen-bond donors (Lipinski definition) is 1. The molecule has 0 saturated heterocycles. The van der Waals surface area contributed by atoms with Crippen LogP contribution in [0.15, 0.2) is 6.20 Å². The van der Waals surface area contributed by atoms with Crippen molar-refractivity contribution < 1.29 is 8.42 Å². The molecular weight excluding hydrogens is 264 g/mol. The van der Waals surface area contributed by atoms with Gasteiger partial charge in [-0.1, -0.05) is 0 Å². The molecule has 1 aliphatic rings. The standard InChI is InChI=1S/C12H22N4O2S/c1-15(8-7-14-19(3,17)18)11-5-4-6-12-10(11)9-13-16(12)2/h9,11,14H,4-8H2,1-3H3/t11-/m1/s1. The first-order chi connectivity index (χ1) is 8.88. The molecule has 1 aliphatic carbocycles. The van der Waals surface area contributed by atoms with Crippen LogP contribution in [0, 0.1) is 0 Å². The minimum atomic E-state index is -3.10. The van der Waals surface area contributed by atoms with Crippen LogP contribution >= 0.6 is 0 Å². The fourth-order valence-electron chi connectivity index (χ4n) is 2.70. The predicted molar refractivity (Wildman–Crippen MR) is 74.4 cm³/mol. The van der Waals surface area contributed by atoms with E-state index in [0.717, 1.165) is 19.3 Å². The quantitative estimate of drug-likeness (QED) is 0.844. The summed E-state index contributed by atoms with van der Waals surface area (Å²) < 4.78 is 26.6. The van der Waals surface area contributed by atoms with E-state index in [4.69, 9.17) is 0 Å². The lowest BCUT2D eigenvalue weighted by molar-refractivity contribution is 0.224. The Morgan fingerprint density at radius 2 is 2.32 bits per heavy atom. The summed E-state index contributed by atoms with van der Waals surface area (Å²) in [5, 5.41) is 4.33. The minimum absolute atomic E-state index is 0.346. The Hall–Kier alpha value is -0.920. The lowest BCUT2D eigenvalue weighted by atomic mass is 9.92. The van der Waals surface area contributed by atoms with Gasteiger partial charge in [-0.2, -0.15) is 5.10 Å². The molecule has 1 atom stereocenters. The van der Waals surface area contributed by atoms with Crippen molar-refractivity contribution in [3.63, 3.8) is 0 Å². The van der Waals surface area contributed by atoms with Crippen LogP contribution in [0.5, 0.6) is 0 Å². The SMILES string of the molecule is CN(CCNS(C)(=O)=O)[C@@H]1CCCc2c1cnn2C. The molecule has 1 heterocycles. The highest BCUT2D eigenvalue weighted by Crippen LogP contribution is 2.32. The van der Waals surface area contributed by atoms with Crippen molar-refractivity contribution in [2.24, 2.45) is 7.05 Å². The van der Waals surface area contributed by atoms with Crippen molar-refractivity contribution in [2.75, 3.05) is 26.4 Å². The molecule has 1 aromatic heterocycles. The van der Waals surface area contributed by atoms with Crippen LogP contribution in [0.1, 0.15) is 30.1 Å². The van der Waals surface area contributed by atoms with E-state index < -0.39 is 10.0 Å². The van der Waals surface area contributed by atoms with Crippen LogP contribution in [0.3, 0.4) is 0 Å². The third-order valence-electron chi connectivity index (χ3n) is 3.70. The van der Waals surface area contributed by atoms with Crippen LogP contribution < -0.4 is 4.72 Å². The van der Waals surface area contributed by atoms with Gasteiger partial charge >= 0.3 is 0 Å². The largest absolute Gasteiger partial charge is 0.298 e. The lowest BCUT2D eigenvalue weighted by Crippen LogP contribution is -2.35. The first kappa shape index (κ1) is 14.5. The van der Waals surface area contributed by atoms with E-state index in [1.54, 1.807) is 0 Å². The van der Waals surface area contributed by atoms with E-state index in [1.807, 2.05) is 25.0 Å². The molecule has 0 spiro atoms. The molecule has 0 aliphatic heterocycles. The molecule has 2 rings (SSSR count). The molecule has 0 saturated carbocycles. The van der Waals surface area contributed by atoms with E-state index in [-0.39, 0.29) is 0 Å². The topological polar surface area (TPSA) is 67.2 Å². The molecule has 1 N–H and O–H groups in total. The molecule has 0 bridgehead atoms. The number of hydrogen-bond acceptors (Lipinski definition) is 4. The monoisotopic (exact) mass is 286 g/mol. The zero-order chi connectivity index (χ0) is 14.0. The molecule has 0 amide bonds. The fourth-order valence-corrected chi connectivity index (χ4v) is 3.17. The maximum absolute atomic E-state index is 11.0. The molecular formula is C12H22N4O2S. The summed E-state index contributed by atoms with van der Waals surface area (Å²) in [4.78, 5) is 2.21. The Balaban J connectivity index is 1.99. The number of rotatable bonds is 5. The summed E-state index contributed by atoms with van der Waals surface area (Å²) >= 11 is 0. The summed E-state index contributed by atoms with van der Waals surface area (Å²) in [5.74, 6) is 0. The maximum atomic E-state index is 11.0. The number of likely N-dealkylation sites (N-methyl/N-ethyl adjacent to an activating group) is 1. The van der Waals surface area contributed by atoms with E-state index in [2.05, 4.69) is 14.7 Å². The molecule has 0 unspecified atom stereocenters. The Bertz CT molecular complexity index is 538. The van der Waals surface area contributed by atoms with Gasteiger partial charge in [-0.15, -0.1) is 0 Å². The Morgan fingerprint density at radius 1 is 1.58 bits per heavy atom. The number of aryl methyl sites for hydroxylation is 1. The molecule has 0 fully saturated rings. The van der Waals surface area contributed by atoms with Crippen LogP contribution in [-0.2, 0) is 23.5 Å². The zero-order valence-electron chi connectivity index (χ0n) is 11.8. The maximum Gasteiger partial charge on any atom is 0.208 e. The number of nitrogens with zero attached hydrogens (tertiary/aromatic N) is 3. The van der Waals surface area contributed by atoms with Crippen LogP contribution in [0.2, 0.25) is 0 Å². The summed E-state index contributed by atoms with van der Waals surface area (Å²) in [6, 6.07) is 0.346. The van der Waals surface area contributed by atoms with Crippen molar-refractivity contribution in [1.29, 1.82) is 0 Å². The van der Waals surface area contributed by atoms with Gasteiger partial charge in [0.1, 0.15) is 0 Å². The number of aromatic nitrogens is 2. The fraction of sp³-hybridized carbons (Fsp3) is 0.750. The first-order valence-electron chi connectivity index (χ1n) is 6.54. The van der Waals surface area contributed by atoms with Crippen molar-refractivity contribution in [3.8, 4) is 0 Å². The predicted octanol–water partition coefficient (Wildman–Crippen LogP) is 0.279. The summed E-state index contributed by atoms with van der Waals surface area (Å²) in [6.07, 6.45) is 6.47. The highest BCUT2D eigenvalue weighted by molar-refractivity contribution is 7.88. The Morgan fingerprint density at radius 3 is 3.00 bits per heavy atom. The second-order valence-corrected chi connectivity index (χ2v) is 7.06. The number of sulfonamides is 1. The number of fused-ring (bicyclic) bond motifs is 1. The van der Waals surface area contributed by atoms with Gasteiger partial charge in [0.2, 0.25) is 10.0 Å². The van der Waals surface area contributed by atoms with Gasteiger partial charge in [0.05, 0.1) is 12.5 Å². The average Bonchev–Trinajstić information content (AvgIpc) is 2.69. The van der Waals surface area contributed by atoms with Crippen LogP contribution in [0.25, 0.3) is 0 Å². The summed E-state index contributed by atoms with van der Waals surface area (Å²) in [5.41, 5.74) is 2.59. The van der Waals surface area contributed by atoms with Gasteiger partial charge in [0.25, 0.3) is 0 Å². The van der Waals surface area contributed by atoms with E-state index in [9.17, 15) is 8.42 Å². The third-order valence-corrected chi connectivity index (χ3v) is 4.43. The third kappa shape index (κ3) is 3.55. The molecule has 108 valence electrons. The molecule has 6 nitrogen and oxygen atoms in total. The van der Waals surface area contributed by atoms with Crippen molar-refractivity contribution in [1.82, 2.24) is 19.4 Å². The highest BCUT2D eigenvalue weighted by Gasteiger charge is 2.26. The van der Waals surface area contributed by atoms with Crippen molar-refractivity contribution >= 4 is 10.0 Å². The van der Waals surface area contributed by atoms with Gasteiger partial charge in [-0.25, -0.2) is 13.1 Å². The van der Waals surface area contributed by atoms with Gasteiger partial charge in [-0.05, 0) is 26.3 Å². The second-order valence-electron chi connectivity index (χ2n) is 5.23. The van der Waals surface area contributed by atoms with Crippen molar-refractivity contribution in [2.45, 2.75) is 25.3 Å². The zero-order valence-corrected chi connectivity index (χ0v) is 12.6. The smallest absolute Gasteiger partial charge is 0.208 e. The molecule has 0 radical (unpaired) electrons. The Kier molecular flexibility index (Phi) is 4.27. The summed E-state index contributed by atoms with van der Waals surface area (Å²) in [6.45, 7) is 1.15. The van der Waals surface area contributed by atoms with Crippen LogP contribution in [0.4, 0.5) is 0 Å². The average molecular weight is 286 g/mol. The normalized spacial score (nSPS) is 19.7. The minimum Gasteiger partial charge on any atom is -0.298 e. The van der Waals surface area contributed by atoms with Gasteiger partial charge in [-0.3, -0.25) is 9.58 Å². The van der Waals surface area contributed by atoms with Crippen molar-refractivity contribution in [3.05, 3.63) is 17.5 Å². The second kappa shape index (κ2) is 5.60. The molecule has 7 heteroatoms. The van der Waals surface area contributed by atoms with Crippen LogP contribution in [-0.4, -0.2) is 49.5 Å². The van der Waals surface area contributed by atoms with E-state index >= 15 is 0 Å². The molecule has 1 aromatic rings. The first-order valence-corrected chi connectivity index (χ1v) is 8.43. The molecule has 19 heavy (non-hydrogen) atoms. The van der Waals surface area contributed by atoms with Gasteiger partial charge in [0, 0.05) is 37.4 Å². The van der Waals surface area contributed by atoms with Gasteiger partial charge in [0.15, 0.2) is 0 Å². The lowest BCUT2D eigenvalue weighted by Gasteiger charge is -2.31. The summed E-state index contributed by atoms with van der Waals surface area (Å²) in [7, 11) is 0.917. The highest BCUT2D eigenvalue weighted by atomic mass is 32.2. The van der Waals surface area contributed by atoms with E-state index in [0.29, 0.717) is 19.1 Å². The number of nitrogens with one attached hydrogen (secondary N) is 1. The molecule has 0 aromatic carbocycles. The Labute approximate surface area is 114 Å². The van der Waals surface area contributed by atoms with Gasteiger partial charge < -0.3 is 0 Å². The van der Waals surface area contributed by atoms with E-state index in [1.165, 1.54) is 17.5 Å².